The summed E-state index contributed by atoms with van der Waals surface area (Å²) in [5.74, 6) is -0.564. The van der Waals surface area contributed by atoms with Crippen LogP contribution < -0.4 is 10.5 Å². The van der Waals surface area contributed by atoms with Crippen molar-refractivity contribution < 1.29 is 13.2 Å². The van der Waals surface area contributed by atoms with Gasteiger partial charge >= 0.3 is 0 Å². The highest BCUT2D eigenvalue weighted by atomic mass is 32.2. The smallest absolute Gasteiger partial charge is 0.248 e. The van der Waals surface area contributed by atoms with Crippen LogP contribution in [0.2, 0.25) is 0 Å². The van der Waals surface area contributed by atoms with Crippen LogP contribution in [0.25, 0.3) is 0 Å². The van der Waals surface area contributed by atoms with Gasteiger partial charge in [-0.25, -0.2) is 13.1 Å². The van der Waals surface area contributed by atoms with Crippen LogP contribution in [-0.2, 0) is 10.0 Å². The Morgan fingerprint density at radius 2 is 1.60 bits per heavy atom. The molecule has 2 rings (SSSR count). The summed E-state index contributed by atoms with van der Waals surface area (Å²) < 4.78 is 27.3. The lowest BCUT2D eigenvalue weighted by Crippen LogP contribution is -2.34. The van der Waals surface area contributed by atoms with E-state index in [2.05, 4.69) is 4.72 Å². The molecule has 0 unspecified atom stereocenters. The van der Waals surface area contributed by atoms with Crippen LogP contribution in [0.4, 0.5) is 0 Å². The van der Waals surface area contributed by atoms with E-state index in [1.807, 2.05) is 0 Å². The summed E-state index contributed by atoms with van der Waals surface area (Å²) in [5.41, 5.74) is 5.44. The van der Waals surface area contributed by atoms with Crippen molar-refractivity contribution in [2.24, 2.45) is 5.73 Å². The van der Waals surface area contributed by atoms with Gasteiger partial charge in [0.1, 0.15) is 0 Å². The van der Waals surface area contributed by atoms with Crippen LogP contribution >= 0.6 is 0 Å². The van der Waals surface area contributed by atoms with Gasteiger partial charge in [-0.05, 0) is 37.1 Å². The fourth-order valence-corrected chi connectivity index (χ4v) is 3.79. The lowest BCUT2D eigenvalue weighted by atomic mass is 10.1. The maximum Gasteiger partial charge on any atom is 0.248 e. The minimum atomic E-state index is -3.52. The Hall–Kier alpha value is -1.40. The van der Waals surface area contributed by atoms with E-state index in [1.165, 1.54) is 37.1 Å². The molecule has 0 spiro atoms. The summed E-state index contributed by atoms with van der Waals surface area (Å²) in [6.45, 7) is 0. The van der Waals surface area contributed by atoms with Gasteiger partial charge in [-0.1, -0.05) is 25.7 Å². The topological polar surface area (TPSA) is 89.3 Å². The van der Waals surface area contributed by atoms with Gasteiger partial charge in [0.2, 0.25) is 15.9 Å². The number of benzene rings is 1. The lowest BCUT2D eigenvalue weighted by molar-refractivity contribution is 0.1000. The molecule has 1 aliphatic carbocycles. The highest BCUT2D eigenvalue weighted by molar-refractivity contribution is 7.89. The molecule has 0 heterocycles. The second kappa shape index (κ2) is 6.37. The van der Waals surface area contributed by atoms with E-state index < -0.39 is 15.9 Å². The molecule has 1 saturated carbocycles. The molecular weight excluding hydrogens is 276 g/mol. The first-order valence-corrected chi connectivity index (χ1v) is 8.39. The summed E-state index contributed by atoms with van der Waals surface area (Å²) in [5, 5.41) is 0. The van der Waals surface area contributed by atoms with Crippen molar-refractivity contribution in [1.29, 1.82) is 0 Å². The quantitative estimate of drug-likeness (QED) is 0.830. The third-order valence-electron chi connectivity index (χ3n) is 3.63. The zero-order valence-electron chi connectivity index (χ0n) is 11.3. The maximum atomic E-state index is 12.3. The second-order valence-corrected chi connectivity index (χ2v) is 6.91. The molecule has 20 heavy (non-hydrogen) atoms. The Labute approximate surface area is 119 Å². The molecule has 1 aliphatic rings. The average Bonchev–Trinajstić information content (AvgIpc) is 2.67. The minimum absolute atomic E-state index is 0.0123. The minimum Gasteiger partial charge on any atom is -0.366 e. The van der Waals surface area contributed by atoms with Crippen LogP contribution in [0.3, 0.4) is 0 Å². The molecule has 0 aliphatic heterocycles. The first-order valence-electron chi connectivity index (χ1n) is 6.91. The van der Waals surface area contributed by atoms with Crippen molar-refractivity contribution in [3.05, 3.63) is 29.8 Å². The molecule has 110 valence electrons. The number of carbonyl (C=O) groups is 1. The summed E-state index contributed by atoms with van der Waals surface area (Å²) >= 11 is 0. The van der Waals surface area contributed by atoms with Crippen LogP contribution in [0.1, 0.15) is 48.9 Å². The highest BCUT2D eigenvalue weighted by Gasteiger charge is 2.21. The number of primary amides is 1. The van der Waals surface area contributed by atoms with Gasteiger partial charge in [-0.2, -0.15) is 0 Å². The summed E-state index contributed by atoms with van der Waals surface area (Å²) in [6.07, 6.45) is 6.25. The molecule has 0 atom stereocenters. The molecule has 6 heteroatoms. The molecule has 3 N–H and O–H groups in total. The number of rotatable bonds is 4. The van der Waals surface area contributed by atoms with Crippen LogP contribution in [0, 0.1) is 0 Å². The summed E-state index contributed by atoms with van der Waals surface area (Å²) in [4.78, 5) is 11.1. The second-order valence-electron chi connectivity index (χ2n) is 5.20. The van der Waals surface area contributed by atoms with E-state index in [4.69, 9.17) is 5.73 Å². The number of hydrogen-bond donors (Lipinski definition) is 2. The van der Waals surface area contributed by atoms with Crippen LogP contribution in [0.5, 0.6) is 0 Å². The number of nitrogens with two attached hydrogens (primary N) is 1. The Morgan fingerprint density at radius 3 is 2.10 bits per heavy atom. The Kier molecular flexibility index (Phi) is 4.77. The van der Waals surface area contributed by atoms with E-state index in [9.17, 15) is 13.2 Å². The van der Waals surface area contributed by atoms with Gasteiger partial charge in [0.25, 0.3) is 0 Å². The average molecular weight is 296 g/mol. The first kappa shape index (κ1) is 15.0. The summed E-state index contributed by atoms with van der Waals surface area (Å²) in [6, 6.07) is 5.71. The van der Waals surface area contributed by atoms with Crippen molar-refractivity contribution in [2.45, 2.75) is 49.5 Å². The predicted octanol–water partition coefficient (Wildman–Crippen LogP) is 1.79. The van der Waals surface area contributed by atoms with Crippen molar-refractivity contribution in [2.75, 3.05) is 0 Å². The van der Waals surface area contributed by atoms with Gasteiger partial charge in [0.15, 0.2) is 0 Å². The van der Waals surface area contributed by atoms with E-state index in [0.29, 0.717) is 5.56 Å². The van der Waals surface area contributed by atoms with E-state index in [-0.39, 0.29) is 10.9 Å². The normalized spacial score (nSPS) is 17.6. The molecule has 0 aromatic heterocycles. The summed E-state index contributed by atoms with van der Waals surface area (Å²) in [7, 11) is -3.52. The van der Waals surface area contributed by atoms with E-state index >= 15 is 0 Å². The highest BCUT2D eigenvalue weighted by Crippen LogP contribution is 2.19. The van der Waals surface area contributed by atoms with E-state index in [0.717, 1.165) is 25.7 Å². The fourth-order valence-electron chi connectivity index (χ4n) is 2.48. The van der Waals surface area contributed by atoms with Gasteiger partial charge in [-0.15, -0.1) is 0 Å². The molecule has 0 bridgehead atoms. The standard InChI is InChI=1S/C14H20N2O3S/c15-14(17)11-7-9-13(10-8-11)20(18,19)16-12-5-3-1-2-4-6-12/h7-10,12,16H,1-6H2,(H2,15,17). The number of nitrogens with one attached hydrogen (secondary N) is 1. The first-order chi connectivity index (χ1) is 9.49. The Morgan fingerprint density at radius 1 is 1.05 bits per heavy atom. The predicted molar refractivity (Wildman–Crippen MR) is 76.8 cm³/mol. The number of carbonyl (C=O) groups excluding carboxylic acids is 1. The van der Waals surface area contributed by atoms with Crippen LogP contribution in [0.15, 0.2) is 29.2 Å². The Bertz CT molecular complexity index is 559. The van der Waals surface area contributed by atoms with Crippen molar-refractivity contribution >= 4 is 15.9 Å². The zero-order valence-corrected chi connectivity index (χ0v) is 12.2. The molecular formula is C14H20N2O3S. The largest absolute Gasteiger partial charge is 0.366 e. The molecule has 1 aromatic carbocycles. The third-order valence-corrected chi connectivity index (χ3v) is 5.16. The number of hydrogen-bond acceptors (Lipinski definition) is 3. The number of sulfonamides is 1. The zero-order chi connectivity index (χ0) is 14.6. The van der Waals surface area contributed by atoms with E-state index in [1.54, 1.807) is 0 Å². The molecule has 0 saturated heterocycles. The SMILES string of the molecule is NC(=O)c1ccc(S(=O)(=O)NC2CCCCCC2)cc1. The molecule has 0 radical (unpaired) electrons. The van der Waals surface area contributed by atoms with Gasteiger partial charge in [-0.3, -0.25) is 4.79 Å². The number of amides is 1. The molecule has 5 nitrogen and oxygen atoms in total. The third kappa shape index (κ3) is 3.80. The molecule has 1 amide bonds. The monoisotopic (exact) mass is 296 g/mol. The fraction of sp³-hybridized carbons (Fsp3) is 0.500. The molecule has 1 fully saturated rings. The lowest BCUT2D eigenvalue weighted by Gasteiger charge is -2.16. The molecule has 1 aromatic rings. The van der Waals surface area contributed by atoms with Gasteiger partial charge in [0, 0.05) is 11.6 Å². The van der Waals surface area contributed by atoms with Gasteiger partial charge in [0.05, 0.1) is 4.90 Å². The van der Waals surface area contributed by atoms with Crippen molar-refractivity contribution in [3.63, 3.8) is 0 Å². The van der Waals surface area contributed by atoms with Gasteiger partial charge < -0.3 is 5.73 Å². The Balaban J connectivity index is 2.10. The van der Waals surface area contributed by atoms with Crippen LogP contribution in [-0.4, -0.2) is 20.4 Å². The van der Waals surface area contributed by atoms with Crippen molar-refractivity contribution in [3.8, 4) is 0 Å². The van der Waals surface area contributed by atoms with Crippen molar-refractivity contribution in [1.82, 2.24) is 4.72 Å². The maximum absolute atomic E-state index is 12.3.